The van der Waals surface area contributed by atoms with E-state index in [1.165, 1.54) is 27.0 Å². The van der Waals surface area contributed by atoms with Crippen LogP contribution >= 0.6 is 38.9 Å². The van der Waals surface area contributed by atoms with Gasteiger partial charge in [-0.05, 0) is 61.7 Å². The predicted octanol–water partition coefficient (Wildman–Crippen LogP) is 5.59. The van der Waals surface area contributed by atoms with Crippen molar-refractivity contribution in [3.8, 4) is 10.6 Å². The van der Waals surface area contributed by atoms with Gasteiger partial charge in [-0.15, -0.1) is 11.3 Å². The number of aromatic nitrogens is 1. The van der Waals surface area contributed by atoms with Gasteiger partial charge in [-0.3, -0.25) is 0 Å². The van der Waals surface area contributed by atoms with Crippen molar-refractivity contribution in [1.29, 1.82) is 0 Å². The highest BCUT2D eigenvalue weighted by Gasteiger charge is 2.14. The van der Waals surface area contributed by atoms with Crippen LogP contribution in [0.2, 0.25) is 4.34 Å². The van der Waals surface area contributed by atoms with E-state index >= 15 is 0 Å². The molecule has 1 aromatic carbocycles. The molecule has 3 aromatic rings. The maximum Gasteiger partial charge on any atom is 0.0935 e. The van der Waals surface area contributed by atoms with E-state index in [-0.39, 0.29) is 0 Å². The fourth-order valence-electron chi connectivity index (χ4n) is 2.58. The Kier molecular flexibility index (Phi) is 4.69. The second kappa shape index (κ2) is 6.53. The molecular formula is C16H16BrClN2S. The summed E-state index contributed by atoms with van der Waals surface area (Å²) >= 11 is 11.3. The van der Waals surface area contributed by atoms with Crippen LogP contribution in [-0.2, 0) is 6.42 Å². The van der Waals surface area contributed by atoms with E-state index in [1.54, 1.807) is 11.3 Å². The second-order valence-electron chi connectivity index (χ2n) is 5.02. The number of hydrogen-bond donors (Lipinski definition) is 2. The highest BCUT2D eigenvalue weighted by molar-refractivity contribution is 9.10. The van der Waals surface area contributed by atoms with Crippen LogP contribution < -0.4 is 5.73 Å². The first-order valence-corrected chi connectivity index (χ1v) is 8.93. The van der Waals surface area contributed by atoms with E-state index in [0.717, 1.165) is 34.6 Å². The molecule has 2 nitrogen and oxygen atoms in total. The standard InChI is InChI=1S/C16H16BrClN2S/c17-10-4-5-13-12(9-10)11(3-1-2-8-19)16(20-13)14-6-7-15(18)21-14/h4-7,9,20H,1-3,8,19H2. The van der Waals surface area contributed by atoms with Gasteiger partial charge in [0.25, 0.3) is 0 Å². The molecule has 3 N–H and O–H groups in total. The lowest BCUT2D eigenvalue weighted by Gasteiger charge is -2.03. The van der Waals surface area contributed by atoms with Crippen molar-refractivity contribution in [3.05, 3.63) is 44.7 Å². The molecule has 0 unspecified atom stereocenters. The highest BCUT2D eigenvalue weighted by Crippen LogP contribution is 2.37. The number of aromatic amines is 1. The van der Waals surface area contributed by atoms with E-state index in [4.69, 9.17) is 17.3 Å². The summed E-state index contributed by atoms with van der Waals surface area (Å²) in [5.41, 5.74) is 9.34. The molecule has 21 heavy (non-hydrogen) atoms. The molecule has 0 saturated heterocycles. The minimum atomic E-state index is 0.742. The molecule has 2 aromatic heterocycles. The van der Waals surface area contributed by atoms with Gasteiger partial charge in [-0.1, -0.05) is 27.5 Å². The average Bonchev–Trinajstić information content (AvgIpc) is 3.03. The quantitative estimate of drug-likeness (QED) is 0.554. The lowest BCUT2D eigenvalue weighted by molar-refractivity contribution is 0.748. The summed E-state index contributed by atoms with van der Waals surface area (Å²) in [6.07, 6.45) is 3.17. The normalized spacial score (nSPS) is 11.4. The summed E-state index contributed by atoms with van der Waals surface area (Å²) in [6.45, 7) is 0.742. The van der Waals surface area contributed by atoms with E-state index in [0.29, 0.717) is 0 Å². The Hall–Kier alpha value is -0.810. The molecule has 0 saturated carbocycles. The van der Waals surface area contributed by atoms with Gasteiger partial charge in [0, 0.05) is 15.4 Å². The van der Waals surface area contributed by atoms with Crippen molar-refractivity contribution in [1.82, 2.24) is 4.98 Å². The van der Waals surface area contributed by atoms with Crippen LogP contribution in [0, 0.1) is 0 Å². The summed E-state index contributed by atoms with van der Waals surface area (Å²) < 4.78 is 1.92. The number of nitrogens with two attached hydrogens (primary N) is 1. The minimum Gasteiger partial charge on any atom is -0.354 e. The first-order chi connectivity index (χ1) is 10.2. The van der Waals surface area contributed by atoms with Crippen molar-refractivity contribution in [2.24, 2.45) is 5.73 Å². The summed E-state index contributed by atoms with van der Waals surface area (Å²) in [5, 5.41) is 1.28. The van der Waals surface area contributed by atoms with Gasteiger partial charge in [0.1, 0.15) is 0 Å². The van der Waals surface area contributed by atoms with Crippen LogP contribution in [0.15, 0.2) is 34.8 Å². The van der Waals surface area contributed by atoms with Crippen LogP contribution in [0.4, 0.5) is 0 Å². The first kappa shape index (κ1) is 15.1. The number of rotatable bonds is 5. The molecular weight excluding hydrogens is 368 g/mol. The third kappa shape index (κ3) is 3.19. The number of halogens is 2. The van der Waals surface area contributed by atoms with Crippen LogP contribution in [0.25, 0.3) is 21.5 Å². The van der Waals surface area contributed by atoms with Crippen LogP contribution in [-0.4, -0.2) is 11.5 Å². The molecule has 110 valence electrons. The van der Waals surface area contributed by atoms with E-state index in [9.17, 15) is 0 Å². The Morgan fingerprint density at radius 3 is 2.76 bits per heavy atom. The maximum absolute atomic E-state index is 6.09. The van der Waals surface area contributed by atoms with E-state index in [2.05, 4.69) is 45.2 Å². The maximum atomic E-state index is 6.09. The van der Waals surface area contributed by atoms with Gasteiger partial charge in [0.2, 0.25) is 0 Å². The zero-order valence-electron chi connectivity index (χ0n) is 11.5. The predicted molar refractivity (Wildman–Crippen MR) is 96.3 cm³/mol. The van der Waals surface area contributed by atoms with Crippen molar-refractivity contribution >= 4 is 49.8 Å². The Morgan fingerprint density at radius 1 is 1.19 bits per heavy atom. The van der Waals surface area contributed by atoms with Crippen molar-refractivity contribution in [3.63, 3.8) is 0 Å². The number of nitrogens with one attached hydrogen (secondary N) is 1. The fraction of sp³-hybridized carbons (Fsp3) is 0.250. The Labute approximate surface area is 141 Å². The summed E-state index contributed by atoms with van der Waals surface area (Å²) in [5.74, 6) is 0. The summed E-state index contributed by atoms with van der Waals surface area (Å²) in [4.78, 5) is 4.74. The zero-order chi connectivity index (χ0) is 14.8. The molecule has 0 bridgehead atoms. The van der Waals surface area contributed by atoms with Crippen LogP contribution in [0.5, 0.6) is 0 Å². The van der Waals surface area contributed by atoms with Gasteiger partial charge in [0.05, 0.1) is 14.9 Å². The van der Waals surface area contributed by atoms with Crippen molar-refractivity contribution in [2.45, 2.75) is 19.3 Å². The molecule has 2 heterocycles. The molecule has 0 spiro atoms. The molecule has 3 rings (SSSR count). The molecule has 0 aliphatic heterocycles. The van der Waals surface area contributed by atoms with Crippen LogP contribution in [0.3, 0.4) is 0 Å². The minimum absolute atomic E-state index is 0.742. The fourth-order valence-corrected chi connectivity index (χ4v) is 4.02. The van der Waals surface area contributed by atoms with Crippen molar-refractivity contribution < 1.29 is 0 Å². The first-order valence-electron chi connectivity index (χ1n) is 6.95. The molecule has 0 aliphatic rings. The highest BCUT2D eigenvalue weighted by atomic mass is 79.9. The largest absolute Gasteiger partial charge is 0.354 e. The Balaban J connectivity index is 2.10. The lowest BCUT2D eigenvalue weighted by atomic mass is 10.0. The van der Waals surface area contributed by atoms with Gasteiger partial charge in [0.15, 0.2) is 0 Å². The van der Waals surface area contributed by atoms with Gasteiger partial charge >= 0.3 is 0 Å². The smallest absolute Gasteiger partial charge is 0.0935 e. The summed E-state index contributed by atoms with van der Waals surface area (Å²) in [6, 6.07) is 10.4. The van der Waals surface area contributed by atoms with Gasteiger partial charge in [-0.2, -0.15) is 0 Å². The Morgan fingerprint density at radius 2 is 2.05 bits per heavy atom. The third-order valence-electron chi connectivity index (χ3n) is 3.57. The second-order valence-corrected chi connectivity index (χ2v) is 7.65. The summed E-state index contributed by atoms with van der Waals surface area (Å²) in [7, 11) is 0. The van der Waals surface area contributed by atoms with E-state index < -0.39 is 0 Å². The zero-order valence-corrected chi connectivity index (χ0v) is 14.6. The van der Waals surface area contributed by atoms with E-state index in [1.807, 2.05) is 6.07 Å². The average molecular weight is 384 g/mol. The number of unbranched alkanes of at least 4 members (excludes halogenated alkanes) is 1. The van der Waals surface area contributed by atoms with Gasteiger partial charge < -0.3 is 10.7 Å². The molecule has 0 atom stereocenters. The number of fused-ring (bicyclic) bond motifs is 1. The molecule has 0 radical (unpaired) electrons. The third-order valence-corrected chi connectivity index (χ3v) is 5.31. The SMILES string of the molecule is NCCCCc1c(-c2ccc(Cl)s2)[nH]c2ccc(Br)cc12. The number of benzene rings is 1. The number of thiophene rings is 1. The number of hydrogen-bond acceptors (Lipinski definition) is 2. The monoisotopic (exact) mass is 382 g/mol. The molecule has 5 heteroatoms. The van der Waals surface area contributed by atoms with Crippen LogP contribution in [0.1, 0.15) is 18.4 Å². The molecule has 0 amide bonds. The topological polar surface area (TPSA) is 41.8 Å². The van der Waals surface area contributed by atoms with Gasteiger partial charge in [-0.25, -0.2) is 0 Å². The lowest BCUT2D eigenvalue weighted by Crippen LogP contribution is -1.99. The Bertz CT molecular complexity index is 763. The number of aryl methyl sites for hydroxylation is 1. The van der Waals surface area contributed by atoms with Crippen molar-refractivity contribution in [2.75, 3.05) is 6.54 Å². The molecule has 0 aliphatic carbocycles. The molecule has 0 fully saturated rings. The number of H-pyrrole nitrogens is 1.